The predicted octanol–water partition coefficient (Wildman–Crippen LogP) is 1.65. The molecule has 1 aromatic carbocycles. The normalized spacial score (nSPS) is 20.2. The summed E-state index contributed by atoms with van der Waals surface area (Å²) in [6.07, 6.45) is 1.95. The van der Waals surface area contributed by atoms with Gasteiger partial charge in [0, 0.05) is 19.9 Å². The molecule has 0 spiro atoms. The smallest absolute Gasteiger partial charge is 0.228 e. The number of hydrogen-bond acceptors (Lipinski definition) is 4. The first-order chi connectivity index (χ1) is 9.80. The molecule has 0 bridgehead atoms. The maximum Gasteiger partial charge on any atom is 0.228 e. The van der Waals surface area contributed by atoms with E-state index in [0.29, 0.717) is 13.2 Å². The Morgan fingerprint density at radius 2 is 1.95 bits per heavy atom. The van der Waals surface area contributed by atoms with Crippen LogP contribution in [0.3, 0.4) is 0 Å². The number of ether oxygens (including phenoxy) is 1. The van der Waals surface area contributed by atoms with Crippen LogP contribution < -0.4 is 0 Å². The summed E-state index contributed by atoms with van der Waals surface area (Å²) in [4.78, 5) is 14.3. The summed E-state index contributed by atoms with van der Waals surface area (Å²) in [5.41, 5.74) is 0.914. The molecule has 2 unspecified atom stereocenters. The summed E-state index contributed by atoms with van der Waals surface area (Å²) in [6, 6.07) is 6.58. The number of amides is 1. The summed E-state index contributed by atoms with van der Waals surface area (Å²) >= 11 is 0. The standard InChI is InChI=1S/C15H21NO4S/c1-11(16(2)15(17)13-8-9-20-10-13)12-4-6-14(7-5-12)21(3,18)19/h4-7,11,13H,8-10H2,1-3H3. The minimum Gasteiger partial charge on any atom is -0.381 e. The molecule has 1 aromatic rings. The first kappa shape index (κ1) is 16.0. The SMILES string of the molecule is CC(c1ccc(S(C)(=O)=O)cc1)N(C)C(=O)C1CCOC1. The van der Waals surface area contributed by atoms with Gasteiger partial charge in [-0.3, -0.25) is 4.79 Å². The van der Waals surface area contributed by atoms with Crippen LogP contribution in [0.5, 0.6) is 0 Å². The van der Waals surface area contributed by atoms with E-state index in [0.717, 1.165) is 12.0 Å². The van der Waals surface area contributed by atoms with Gasteiger partial charge in [0.1, 0.15) is 0 Å². The molecule has 0 N–H and O–H groups in total. The number of carbonyl (C=O) groups is 1. The first-order valence-corrected chi connectivity index (χ1v) is 8.84. The average molecular weight is 311 g/mol. The molecule has 116 valence electrons. The first-order valence-electron chi connectivity index (χ1n) is 6.95. The van der Waals surface area contributed by atoms with Crippen molar-refractivity contribution in [3.63, 3.8) is 0 Å². The Labute approximate surface area is 125 Å². The third-order valence-electron chi connectivity index (χ3n) is 4.00. The third-order valence-corrected chi connectivity index (χ3v) is 5.13. The van der Waals surface area contributed by atoms with E-state index in [2.05, 4.69) is 0 Å². The molecule has 0 saturated carbocycles. The Balaban J connectivity index is 2.11. The van der Waals surface area contributed by atoms with Crippen molar-refractivity contribution >= 4 is 15.7 Å². The molecule has 0 aliphatic carbocycles. The van der Waals surface area contributed by atoms with Crippen LogP contribution >= 0.6 is 0 Å². The van der Waals surface area contributed by atoms with Gasteiger partial charge in [-0.2, -0.15) is 0 Å². The lowest BCUT2D eigenvalue weighted by Crippen LogP contribution is -2.35. The second-order valence-electron chi connectivity index (χ2n) is 5.53. The summed E-state index contributed by atoms with van der Waals surface area (Å²) in [7, 11) is -1.42. The van der Waals surface area contributed by atoms with Gasteiger partial charge in [-0.05, 0) is 31.0 Å². The highest BCUT2D eigenvalue weighted by molar-refractivity contribution is 7.90. The van der Waals surface area contributed by atoms with Crippen LogP contribution in [0, 0.1) is 5.92 Å². The Morgan fingerprint density at radius 1 is 1.33 bits per heavy atom. The molecular formula is C15H21NO4S. The molecule has 1 fully saturated rings. The van der Waals surface area contributed by atoms with Gasteiger partial charge in [-0.15, -0.1) is 0 Å². The summed E-state index contributed by atoms with van der Waals surface area (Å²) in [5.74, 6) is 0.0138. The summed E-state index contributed by atoms with van der Waals surface area (Å²) in [5, 5.41) is 0. The van der Waals surface area contributed by atoms with Crippen LogP contribution in [0.25, 0.3) is 0 Å². The van der Waals surface area contributed by atoms with Crippen LogP contribution in [0.1, 0.15) is 24.9 Å². The molecule has 2 rings (SSSR count). The Morgan fingerprint density at radius 3 is 2.43 bits per heavy atom. The van der Waals surface area contributed by atoms with Crippen molar-refractivity contribution in [1.82, 2.24) is 4.90 Å². The van der Waals surface area contributed by atoms with E-state index in [1.54, 1.807) is 36.2 Å². The third kappa shape index (κ3) is 3.63. The van der Waals surface area contributed by atoms with Crippen LogP contribution in [0.2, 0.25) is 0 Å². The zero-order valence-electron chi connectivity index (χ0n) is 12.6. The maximum atomic E-state index is 12.3. The fourth-order valence-electron chi connectivity index (χ4n) is 2.43. The lowest BCUT2D eigenvalue weighted by molar-refractivity contribution is -0.136. The van der Waals surface area contributed by atoms with E-state index in [1.165, 1.54) is 6.26 Å². The monoisotopic (exact) mass is 311 g/mol. The van der Waals surface area contributed by atoms with Gasteiger partial charge in [0.2, 0.25) is 5.91 Å². The van der Waals surface area contributed by atoms with E-state index >= 15 is 0 Å². The minimum absolute atomic E-state index is 0.0623. The Kier molecular flexibility index (Phi) is 4.68. The highest BCUT2D eigenvalue weighted by Gasteiger charge is 2.28. The summed E-state index contributed by atoms with van der Waals surface area (Å²) in [6.45, 7) is 3.06. The van der Waals surface area contributed by atoms with Gasteiger partial charge in [0.05, 0.1) is 23.5 Å². The topological polar surface area (TPSA) is 63.7 Å². The van der Waals surface area contributed by atoms with Crippen molar-refractivity contribution in [3.8, 4) is 0 Å². The van der Waals surface area contributed by atoms with Gasteiger partial charge < -0.3 is 9.64 Å². The fourth-order valence-corrected chi connectivity index (χ4v) is 3.06. The highest BCUT2D eigenvalue weighted by atomic mass is 32.2. The quantitative estimate of drug-likeness (QED) is 0.848. The Bertz CT molecular complexity index is 603. The number of hydrogen-bond donors (Lipinski definition) is 0. The van der Waals surface area contributed by atoms with Crippen molar-refractivity contribution < 1.29 is 17.9 Å². The second-order valence-corrected chi connectivity index (χ2v) is 7.54. The average Bonchev–Trinajstić information content (AvgIpc) is 2.98. The van der Waals surface area contributed by atoms with E-state index in [4.69, 9.17) is 4.74 Å². The van der Waals surface area contributed by atoms with Crippen molar-refractivity contribution in [3.05, 3.63) is 29.8 Å². The zero-order valence-corrected chi connectivity index (χ0v) is 13.4. The molecule has 2 atom stereocenters. The molecule has 1 saturated heterocycles. The van der Waals surface area contributed by atoms with Gasteiger partial charge in [0.15, 0.2) is 9.84 Å². The predicted molar refractivity (Wildman–Crippen MR) is 79.7 cm³/mol. The molecule has 1 aliphatic heterocycles. The van der Waals surface area contributed by atoms with Gasteiger partial charge in [0.25, 0.3) is 0 Å². The van der Waals surface area contributed by atoms with Crippen LogP contribution in [0.4, 0.5) is 0 Å². The van der Waals surface area contributed by atoms with Crippen molar-refractivity contribution in [1.29, 1.82) is 0 Å². The van der Waals surface area contributed by atoms with Gasteiger partial charge in [-0.25, -0.2) is 8.42 Å². The molecule has 21 heavy (non-hydrogen) atoms. The lowest BCUT2D eigenvalue weighted by Gasteiger charge is -2.27. The van der Waals surface area contributed by atoms with Gasteiger partial charge >= 0.3 is 0 Å². The number of sulfone groups is 1. The molecular weight excluding hydrogens is 290 g/mol. The van der Waals surface area contributed by atoms with E-state index in [9.17, 15) is 13.2 Å². The highest BCUT2D eigenvalue weighted by Crippen LogP contribution is 2.24. The zero-order chi connectivity index (χ0) is 15.6. The van der Waals surface area contributed by atoms with Crippen LogP contribution in [0.15, 0.2) is 29.2 Å². The van der Waals surface area contributed by atoms with E-state index < -0.39 is 9.84 Å². The number of nitrogens with zero attached hydrogens (tertiary/aromatic N) is 1. The van der Waals surface area contributed by atoms with Crippen LogP contribution in [-0.4, -0.2) is 45.7 Å². The molecule has 1 heterocycles. The molecule has 0 radical (unpaired) electrons. The largest absolute Gasteiger partial charge is 0.381 e. The van der Waals surface area contributed by atoms with Crippen molar-refractivity contribution in [2.24, 2.45) is 5.92 Å². The lowest BCUT2D eigenvalue weighted by atomic mass is 10.0. The maximum absolute atomic E-state index is 12.3. The summed E-state index contributed by atoms with van der Waals surface area (Å²) < 4.78 is 28.2. The van der Waals surface area contributed by atoms with Crippen molar-refractivity contribution in [2.75, 3.05) is 26.5 Å². The molecule has 1 aliphatic rings. The van der Waals surface area contributed by atoms with E-state index in [-0.39, 0.29) is 22.8 Å². The molecule has 6 heteroatoms. The van der Waals surface area contributed by atoms with E-state index in [1.807, 2.05) is 6.92 Å². The van der Waals surface area contributed by atoms with Gasteiger partial charge in [-0.1, -0.05) is 12.1 Å². The Hall–Kier alpha value is -1.40. The molecule has 0 aromatic heterocycles. The molecule has 5 nitrogen and oxygen atoms in total. The fraction of sp³-hybridized carbons (Fsp3) is 0.533. The number of benzene rings is 1. The number of carbonyl (C=O) groups excluding carboxylic acids is 1. The second kappa shape index (κ2) is 6.15. The molecule has 1 amide bonds. The van der Waals surface area contributed by atoms with Crippen LogP contribution in [-0.2, 0) is 19.4 Å². The number of rotatable bonds is 4. The minimum atomic E-state index is -3.19. The van der Waals surface area contributed by atoms with Crippen molar-refractivity contribution in [2.45, 2.75) is 24.3 Å².